The third-order valence-electron chi connectivity index (χ3n) is 4.03. The van der Waals surface area contributed by atoms with E-state index in [4.69, 9.17) is 4.74 Å². The van der Waals surface area contributed by atoms with Crippen molar-refractivity contribution in [3.63, 3.8) is 0 Å². The summed E-state index contributed by atoms with van der Waals surface area (Å²) in [5.41, 5.74) is 1.96. The molecule has 8 nitrogen and oxygen atoms in total. The minimum absolute atomic E-state index is 0.171. The maximum Gasteiger partial charge on any atom is 0.341 e. The molecular formula is C19H18N4O4S. The highest BCUT2D eigenvalue weighted by atomic mass is 32.1. The molecule has 0 fully saturated rings. The number of thiophene rings is 1. The highest BCUT2D eigenvalue weighted by Crippen LogP contribution is 2.34. The van der Waals surface area contributed by atoms with Gasteiger partial charge in [0.1, 0.15) is 10.5 Å². The van der Waals surface area contributed by atoms with Gasteiger partial charge in [-0.3, -0.25) is 19.6 Å². The first-order valence-corrected chi connectivity index (χ1v) is 9.33. The Morgan fingerprint density at radius 3 is 2.61 bits per heavy atom. The van der Waals surface area contributed by atoms with Crippen LogP contribution in [-0.4, -0.2) is 41.4 Å². The monoisotopic (exact) mass is 398 g/mol. The maximum absolute atomic E-state index is 12.9. The summed E-state index contributed by atoms with van der Waals surface area (Å²) < 4.78 is 5.10. The van der Waals surface area contributed by atoms with Gasteiger partial charge in [-0.15, -0.1) is 11.3 Å². The summed E-state index contributed by atoms with van der Waals surface area (Å²) >= 11 is 1.02. The van der Waals surface area contributed by atoms with Crippen LogP contribution in [0.2, 0.25) is 0 Å². The smallest absolute Gasteiger partial charge is 0.341 e. The van der Waals surface area contributed by atoms with Gasteiger partial charge in [0.05, 0.1) is 28.1 Å². The lowest BCUT2D eigenvalue weighted by atomic mass is 10.1. The van der Waals surface area contributed by atoms with Crippen LogP contribution < -0.4 is 10.6 Å². The Kier molecular flexibility index (Phi) is 5.65. The molecule has 2 amide bonds. The fourth-order valence-corrected chi connectivity index (χ4v) is 3.86. The Hall–Kier alpha value is -3.33. The molecule has 0 saturated heterocycles. The minimum Gasteiger partial charge on any atom is -0.462 e. The molecule has 1 aromatic carbocycles. The van der Waals surface area contributed by atoms with E-state index in [-0.39, 0.29) is 23.1 Å². The van der Waals surface area contributed by atoms with E-state index in [0.29, 0.717) is 27.0 Å². The number of aromatic nitrogens is 2. The molecule has 2 N–H and O–H groups in total. The second kappa shape index (κ2) is 8.13. The van der Waals surface area contributed by atoms with Crippen LogP contribution in [0, 0.1) is 6.92 Å². The number of nitrogens with zero attached hydrogens (tertiary/aromatic N) is 2. The van der Waals surface area contributed by atoms with Crippen molar-refractivity contribution in [1.82, 2.24) is 15.3 Å². The molecule has 28 heavy (non-hydrogen) atoms. The van der Waals surface area contributed by atoms with E-state index >= 15 is 0 Å². The normalized spacial score (nSPS) is 10.5. The number of hydrogen-bond donors (Lipinski definition) is 2. The first kappa shape index (κ1) is 19.4. The number of hydrogen-bond acceptors (Lipinski definition) is 7. The Morgan fingerprint density at radius 2 is 1.89 bits per heavy atom. The average Bonchev–Trinajstić information content (AvgIpc) is 3.02. The molecule has 0 spiro atoms. The third kappa shape index (κ3) is 3.56. The maximum atomic E-state index is 12.9. The van der Waals surface area contributed by atoms with Gasteiger partial charge in [-0.2, -0.15) is 0 Å². The van der Waals surface area contributed by atoms with Gasteiger partial charge in [-0.25, -0.2) is 4.79 Å². The van der Waals surface area contributed by atoms with Gasteiger partial charge in [-0.1, -0.05) is 6.07 Å². The number of fused-ring (bicyclic) bond motifs is 1. The lowest BCUT2D eigenvalue weighted by Crippen LogP contribution is -2.18. The second-order valence-electron chi connectivity index (χ2n) is 5.74. The van der Waals surface area contributed by atoms with Crippen LogP contribution in [-0.2, 0) is 4.74 Å². The molecule has 3 aromatic rings. The van der Waals surface area contributed by atoms with E-state index in [0.717, 1.165) is 11.3 Å². The van der Waals surface area contributed by atoms with Gasteiger partial charge in [0.25, 0.3) is 11.8 Å². The van der Waals surface area contributed by atoms with Crippen LogP contribution >= 0.6 is 11.3 Å². The van der Waals surface area contributed by atoms with Crippen molar-refractivity contribution in [3.8, 4) is 0 Å². The third-order valence-corrected chi connectivity index (χ3v) is 5.24. The second-order valence-corrected chi connectivity index (χ2v) is 6.76. The highest BCUT2D eigenvalue weighted by Gasteiger charge is 2.27. The van der Waals surface area contributed by atoms with Crippen molar-refractivity contribution < 1.29 is 19.1 Å². The van der Waals surface area contributed by atoms with Crippen molar-refractivity contribution in [3.05, 3.63) is 52.2 Å². The number of carbonyl (C=O) groups excluding carboxylic acids is 3. The number of anilines is 1. The summed E-state index contributed by atoms with van der Waals surface area (Å²) in [6.45, 7) is 3.51. The quantitative estimate of drug-likeness (QED) is 0.640. The number of nitrogens with one attached hydrogen (secondary N) is 2. The van der Waals surface area contributed by atoms with E-state index in [1.54, 1.807) is 38.2 Å². The van der Waals surface area contributed by atoms with Crippen molar-refractivity contribution in [1.29, 1.82) is 0 Å². The first-order valence-electron chi connectivity index (χ1n) is 8.51. The lowest BCUT2D eigenvalue weighted by molar-refractivity contribution is 0.0527. The van der Waals surface area contributed by atoms with Gasteiger partial charge in [-0.05, 0) is 31.5 Å². The summed E-state index contributed by atoms with van der Waals surface area (Å²) in [6, 6.07) is 5.08. The van der Waals surface area contributed by atoms with Crippen LogP contribution in [0.25, 0.3) is 11.0 Å². The molecule has 0 bridgehead atoms. The number of ether oxygens (including phenoxy) is 1. The Bertz CT molecular complexity index is 1070. The molecule has 9 heteroatoms. The molecule has 3 rings (SSSR count). The van der Waals surface area contributed by atoms with Crippen molar-refractivity contribution in [2.45, 2.75) is 13.8 Å². The Balaban J connectivity index is 2.04. The topological polar surface area (TPSA) is 110 Å². The number of rotatable bonds is 5. The summed E-state index contributed by atoms with van der Waals surface area (Å²) in [4.78, 5) is 46.2. The molecule has 2 heterocycles. The molecule has 0 aliphatic heterocycles. The largest absolute Gasteiger partial charge is 0.462 e. The number of benzene rings is 1. The molecular weight excluding hydrogens is 380 g/mol. The van der Waals surface area contributed by atoms with Gasteiger partial charge in [0.15, 0.2) is 0 Å². The molecule has 0 aliphatic rings. The predicted molar refractivity (Wildman–Crippen MR) is 106 cm³/mol. The number of para-hydroxylation sites is 1. The lowest BCUT2D eigenvalue weighted by Gasteiger charge is -2.08. The SMILES string of the molecule is CCOC(=O)c1c(NC(=O)c2cccc3nccnc23)sc(C(=O)NC)c1C. The van der Waals surface area contributed by atoms with Crippen molar-refractivity contribution >= 4 is 45.2 Å². The summed E-state index contributed by atoms with van der Waals surface area (Å²) in [7, 11) is 1.50. The van der Waals surface area contributed by atoms with E-state index in [1.165, 1.54) is 13.2 Å². The van der Waals surface area contributed by atoms with Gasteiger partial charge in [0.2, 0.25) is 0 Å². The van der Waals surface area contributed by atoms with Crippen LogP contribution in [0.5, 0.6) is 0 Å². The minimum atomic E-state index is -0.598. The van der Waals surface area contributed by atoms with Gasteiger partial charge >= 0.3 is 5.97 Å². The van der Waals surface area contributed by atoms with E-state index in [1.807, 2.05) is 0 Å². The summed E-state index contributed by atoms with van der Waals surface area (Å²) in [5, 5.41) is 5.51. The Labute approximate surface area is 165 Å². The molecule has 0 unspecified atom stereocenters. The van der Waals surface area contributed by atoms with Crippen LogP contribution in [0.3, 0.4) is 0 Å². The number of amides is 2. The summed E-state index contributed by atoms with van der Waals surface area (Å²) in [6.07, 6.45) is 3.04. The zero-order chi connectivity index (χ0) is 20.3. The standard InChI is InChI=1S/C19H18N4O4S/c1-4-27-19(26)13-10(2)15(17(25)20-3)28-18(13)23-16(24)11-6-5-7-12-14(11)22-9-8-21-12/h5-9H,4H2,1-3H3,(H,20,25)(H,23,24). The summed E-state index contributed by atoms with van der Waals surface area (Å²) in [5.74, 6) is -1.40. The zero-order valence-electron chi connectivity index (χ0n) is 15.5. The van der Waals surface area contributed by atoms with E-state index < -0.39 is 11.9 Å². The molecule has 2 aromatic heterocycles. The van der Waals surface area contributed by atoms with Crippen LogP contribution in [0.15, 0.2) is 30.6 Å². The van der Waals surface area contributed by atoms with Gasteiger partial charge in [0, 0.05) is 19.4 Å². The van der Waals surface area contributed by atoms with Gasteiger partial charge < -0.3 is 15.4 Å². The van der Waals surface area contributed by atoms with Crippen molar-refractivity contribution in [2.24, 2.45) is 0 Å². The fraction of sp³-hybridized carbons (Fsp3) is 0.211. The first-order chi connectivity index (χ1) is 13.5. The molecule has 0 atom stereocenters. The fourth-order valence-electron chi connectivity index (χ4n) is 2.73. The Morgan fingerprint density at radius 1 is 1.14 bits per heavy atom. The van der Waals surface area contributed by atoms with Crippen LogP contribution in [0.1, 0.15) is 42.9 Å². The molecule has 144 valence electrons. The van der Waals surface area contributed by atoms with Crippen LogP contribution in [0.4, 0.5) is 5.00 Å². The number of carbonyl (C=O) groups is 3. The predicted octanol–water partition coefficient (Wildman–Crippen LogP) is 2.79. The zero-order valence-corrected chi connectivity index (χ0v) is 16.3. The molecule has 0 radical (unpaired) electrons. The molecule has 0 saturated carbocycles. The number of esters is 1. The van der Waals surface area contributed by atoms with E-state index in [2.05, 4.69) is 20.6 Å². The van der Waals surface area contributed by atoms with Crippen molar-refractivity contribution in [2.75, 3.05) is 19.0 Å². The average molecular weight is 398 g/mol. The highest BCUT2D eigenvalue weighted by molar-refractivity contribution is 7.18. The molecule has 0 aliphatic carbocycles. The van der Waals surface area contributed by atoms with E-state index in [9.17, 15) is 14.4 Å².